The lowest BCUT2D eigenvalue weighted by Gasteiger charge is -2.25. The Morgan fingerprint density at radius 3 is 2.71 bits per heavy atom. The number of fused-ring (bicyclic) bond motifs is 1. The standard InChI is InChI=1S/C17H13N3O4/c18-9-11-4-1-3-10-7-17(16(23)24,8-12(10)11)20-15(22)14-13(21)5-2-6-19-14/h1-6,21H,7-8H2,(H,20,22)(H,23,24). The highest BCUT2D eigenvalue weighted by Crippen LogP contribution is 2.33. The van der Waals surface area contributed by atoms with Crippen LogP contribution >= 0.6 is 0 Å². The largest absolute Gasteiger partial charge is 0.505 e. The van der Waals surface area contributed by atoms with E-state index in [4.69, 9.17) is 0 Å². The third-order valence-electron chi connectivity index (χ3n) is 4.13. The topological polar surface area (TPSA) is 123 Å². The average molecular weight is 323 g/mol. The molecule has 120 valence electrons. The highest BCUT2D eigenvalue weighted by Gasteiger charge is 2.46. The van der Waals surface area contributed by atoms with Gasteiger partial charge >= 0.3 is 5.97 Å². The predicted molar refractivity (Wildman–Crippen MR) is 82.3 cm³/mol. The molecule has 1 unspecified atom stereocenters. The van der Waals surface area contributed by atoms with Crippen LogP contribution in [0.5, 0.6) is 5.75 Å². The second-order valence-electron chi connectivity index (χ2n) is 5.62. The highest BCUT2D eigenvalue weighted by atomic mass is 16.4. The Morgan fingerprint density at radius 2 is 2.04 bits per heavy atom. The molecule has 0 fully saturated rings. The quantitative estimate of drug-likeness (QED) is 0.774. The fraction of sp³-hybridized carbons (Fsp3) is 0.176. The number of aromatic hydroxyl groups is 1. The number of aromatic nitrogens is 1. The number of hydrogen-bond acceptors (Lipinski definition) is 5. The number of carbonyl (C=O) groups excluding carboxylic acids is 1. The van der Waals surface area contributed by atoms with E-state index in [2.05, 4.69) is 10.3 Å². The predicted octanol–water partition coefficient (Wildman–Crippen LogP) is 1.01. The number of nitrogens with one attached hydrogen (secondary N) is 1. The average Bonchev–Trinajstić information content (AvgIpc) is 2.94. The van der Waals surface area contributed by atoms with Gasteiger partial charge in [-0.15, -0.1) is 0 Å². The molecule has 2 aromatic rings. The number of benzene rings is 1. The van der Waals surface area contributed by atoms with Crippen molar-refractivity contribution in [3.63, 3.8) is 0 Å². The number of carbonyl (C=O) groups is 2. The van der Waals surface area contributed by atoms with Crippen molar-refractivity contribution < 1.29 is 19.8 Å². The van der Waals surface area contributed by atoms with Crippen LogP contribution in [0.1, 0.15) is 27.2 Å². The number of hydrogen-bond donors (Lipinski definition) is 3. The molecule has 1 heterocycles. The Labute approximate surface area is 137 Å². The van der Waals surface area contributed by atoms with E-state index < -0.39 is 17.4 Å². The fourth-order valence-corrected chi connectivity index (χ4v) is 2.94. The van der Waals surface area contributed by atoms with E-state index in [0.717, 1.165) is 0 Å². The first-order chi connectivity index (χ1) is 11.5. The number of carboxylic acid groups (broad SMARTS) is 1. The van der Waals surface area contributed by atoms with E-state index in [9.17, 15) is 25.1 Å². The summed E-state index contributed by atoms with van der Waals surface area (Å²) in [4.78, 5) is 28.0. The van der Waals surface area contributed by atoms with Gasteiger partial charge in [0.1, 0.15) is 11.3 Å². The van der Waals surface area contributed by atoms with Crippen LogP contribution in [0, 0.1) is 11.3 Å². The van der Waals surface area contributed by atoms with Gasteiger partial charge in [-0.25, -0.2) is 9.78 Å². The molecule has 1 amide bonds. The Bertz CT molecular complexity index is 888. The van der Waals surface area contributed by atoms with Crippen molar-refractivity contribution in [1.82, 2.24) is 10.3 Å². The van der Waals surface area contributed by atoms with E-state index in [-0.39, 0.29) is 24.3 Å². The summed E-state index contributed by atoms with van der Waals surface area (Å²) < 4.78 is 0. The molecule has 0 saturated carbocycles. The molecule has 0 spiro atoms. The summed E-state index contributed by atoms with van der Waals surface area (Å²) in [6, 6.07) is 9.84. The Balaban J connectivity index is 1.96. The molecular formula is C17H13N3O4. The van der Waals surface area contributed by atoms with Gasteiger partial charge in [-0.05, 0) is 29.3 Å². The van der Waals surface area contributed by atoms with Crippen LogP contribution in [0.25, 0.3) is 0 Å². The zero-order valence-electron chi connectivity index (χ0n) is 12.5. The van der Waals surface area contributed by atoms with Gasteiger partial charge in [0.25, 0.3) is 5.91 Å². The van der Waals surface area contributed by atoms with Crippen LogP contribution in [0.2, 0.25) is 0 Å². The van der Waals surface area contributed by atoms with Crippen LogP contribution in [-0.4, -0.2) is 32.6 Å². The van der Waals surface area contributed by atoms with Crippen molar-refractivity contribution in [2.45, 2.75) is 18.4 Å². The maximum atomic E-state index is 12.4. The summed E-state index contributed by atoms with van der Waals surface area (Å²) >= 11 is 0. The number of carboxylic acids is 1. The van der Waals surface area contributed by atoms with Crippen LogP contribution in [0.15, 0.2) is 36.5 Å². The lowest BCUT2D eigenvalue weighted by molar-refractivity contribution is -0.144. The van der Waals surface area contributed by atoms with E-state index in [1.165, 1.54) is 18.3 Å². The fourth-order valence-electron chi connectivity index (χ4n) is 2.94. The van der Waals surface area contributed by atoms with Gasteiger partial charge in [0, 0.05) is 19.0 Å². The third-order valence-corrected chi connectivity index (χ3v) is 4.13. The van der Waals surface area contributed by atoms with E-state index in [1.807, 2.05) is 6.07 Å². The minimum Gasteiger partial charge on any atom is -0.505 e. The van der Waals surface area contributed by atoms with Crippen molar-refractivity contribution in [1.29, 1.82) is 5.26 Å². The SMILES string of the molecule is N#Cc1cccc2c1CC(NC(=O)c1ncccc1O)(C(=O)O)C2. The molecule has 1 aliphatic rings. The summed E-state index contributed by atoms with van der Waals surface area (Å²) in [7, 11) is 0. The molecule has 3 rings (SSSR count). The van der Waals surface area contributed by atoms with Crippen LogP contribution in [0.4, 0.5) is 0 Å². The van der Waals surface area contributed by atoms with Gasteiger partial charge in [-0.1, -0.05) is 12.1 Å². The second kappa shape index (κ2) is 5.66. The Kier molecular flexibility index (Phi) is 3.66. The third kappa shape index (κ3) is 2.44. The lowest BCUT2D eigenvalue weighted by atomic mass is 9.95. The Morgan fingerprint density at radius 1 is 1.25 bits per heavy atom. The van der Waals surface area contributed by atoms with Gasteiger partial charge in [0.2, 0.25) is 0 Å². The first-order valence-electron chi connectivity index (χ1n) is 7.17. The summed E-state index contributed by atoms with van der Waals surface area (Å²) in [5, 5.41) is 31.1. The molecule has 7 nitrogen and oxygen atoms in total. The molecule has 0 aliphatic heterocycles. The van der Waals surface area contributed by atoms with Gasteiger partial charge in [-0.3, -0.25) is 4.79 Å². The molecule has 1 atom stereocenters. The molecule has 0 saturated heterocycles. The van der Waals surface area contributed by atoms with Gasteiger partial charge in [-0.2, -0.15) is 5.26 Å². The van der Waals surface area contributed by atoms with Crippen LogP contribution < -0.4 is 5.32 Å². The lowest BCUT2D eigenvalue weighted by Crippen LogP contribution is -2.55. The second-order valence-corrected chi connectivity index (χ2v) is 5.62. The summed E-state index contributed by atoms with van der Waals surface area (Å²) in [6.45, 7) is 0. The summed E-state index contributed by atoms with van der Waals surface area (Å²) in [5.41, 5.74) is -0.0915. The highest BCUT2D eigenvalue weighted by molar-refractivity contribution is 5.98. The zero-order chi connectivity index (χ0) is 17.3. The maximum absolute atomic E-state index is 12.4. The number of amides is 1. The first-order valence-corrected chi connectivity index (χ1v) is 7.17. The number of nitriles is 1. The minimum atomic E-state index is -1.57. The molecule has 0 bridgehead atoms. The number of rotatable bonds is 3. The van der Waals surface area contributed by atoms with Crippen LogP contribution in [0.3, 0.4) is 0 Å². The molecule has 0 radical (unpaired) electrons. The van der Waals surface area contributed by atoms with Crippen molar-refractivity contribution in [2.75, 3.05) is 0 Å². The van der Waals surface area contributed by atoms with Crippen molar-refractivity contribution in [3.8, 4) is 11.8 Å². The van der Waals surface area contributed by atoms with Crippen molar-refractivity contribution in [2.24, 2.45) is 0 Å². The molecule has 24 heavy (non-hydrogen) atoms. The van der Waals surface area contributed by atoms with E-state index in [1.54, 1.807) is 18.2 Å². The minimum absolute atomic E-state index is 0.000730. The van der Waals surface area contributed by atoms with E-state index in [0.29, 0.717) is 16.7 Å². The molecule has 1 aromatic heterocycles. The summed E-state index contributed by atoms with van der Waals surface area (Å²) in [5.74, 6) is -2.31. The molecule has 3 N–H and O–H groups in total. The van der Waals surface area contributed by atoms with Crippen molar-refractivity contribution in [3.05, 3.63) is 58.9 Å². The Hall–Kier alpha value is -3.40. The van der Waals surface area contributed by atoms with Crippen LogP contribution in [-0.2, 0) is 17.6 Å². The number of nitrogens with zero attached hydrogens (tertiary/aromatic N) is 2. The van der Waals surface area contributed by atoms with Gasteiger partial charge < -0.3 is 15.5 Å². The molecule has 1 aliphatic carbocycles. The number of aliphatic carboxylic acids is 1. The summed E-state index contributed by atoms with van der Waals surface area (Å²) in [6.07, 6.45) is 1.40. The smallest absolute Gasteiger partial charge is 0.330 e. The molecule has 1 aromatic carbocycles. The maximum Gasteiger partial charge on any atom is 0.330 e. The van der Waals surface area contributed by atoms with Gasteiger partial charge in [0.05, 0.1) is 11.6 Å². The number of pyridine rings is 1. The van der Waals surface area contributed by atoms with Gasteiger partial charge in [0.15, 0.2) is 5.69 Å². The zero-order valence-corrected chi connectivity index (χ0v) is 12.5. The molecular weight excluding hydrogens is 310 g/mol. The first kappa shape index (κ1) is 15.5. The molecule has 7 heteroatoms. The monoisotopic (exact) mass is 323 g/mol. The normalized spacial score (nSPS) is 18.5. The van der Waals surface area contributed by atoms with E-state index >= 15 is 0 Å². The van der Waals surface area contributed by atoms with Crippen molar-refractivity contribution >= 4 is 11.9 Å².